The molecule has 0 spiro atoms. The topological polar surface area (TPSA) is 74.8 Å². The minimum atomic E-state index is -0.539. The number of hydrogen-bond donors (Lipinski definition) is 0. The first kappa shape index (κ1) is 21.5. The van der Waals surface area contributed by atoms with E-state index in [4.69, 9.17) is 9.84 Å². The Morgan fingerprint density at radius 3 is 2.74 bits per heavy atom. The summed E-state index contributed by atoms with van der Waals surface area (Å²) < 4.78 is 9.40. The van der Waals surface area contributed by atoms with Crippen LogP contribution in [0.1, 0.15) is 72.3 Å². The van der Waals surface area contributed by atoms with Gasteiger partial charge in [0.15, 0.2) is 12.4 Å². The summed E-state index contributed by atoms with van der Waals surface area (Å²) in [5.41, 5.74) is 2.19. The molecule has 1 unspecified atom stereocenters. The monoisotopic (exact) mass is 423 g/mol. The first-order chi connectivity index (χ1) is 14.9. The lowest BCUT2D eigenvalue weighted by Gasteiger charge is -2.19. The van der Waals surface area contributed by atoms with Crippen LogP contribution >= 0.6 is 0 Å². The SMILES string of the molecule is CCC(CC1CCCC1)n1cc(-c2cnnc3c2ccn3COC(=O)C(C)(C)C)cn1. The van der Waals surface area contributed by atoms with Crippen LogP contribution in [0.15, 0.2) is 30.9 Å². The molecule has 1 aliphatic rings. The van der Waals surface area contributed by atoms with E-state index in [2.05, 4.69) is 28.0 Å². The molecular formula is C24H33N5O2. The third-order valence-corrected chi connectivity index (χ3v) is 6.35. The van der Waals surface area contributed by atoms with E-state index in [1.807, 2.05) is 43.8 Å². The molecule has 7 nitrogen and oxygen atoms in total. The summed E-state index contributed by atoms with van der Waals surface area (Å²) in [5, 5.41) is 14.2. The van der Waals surface area contributed by atoms with Crippen molar-refractivity contribution in [2.75, 3.05) is 0 Å². The van der Waals surface area contributed by atoms with Crippen molar-refractivity contribution in [3.05, 3.63) is 30.9 Å². The average Bonchev–Trinajstić information content (AvgIpc) is 3.50. The largest absolute Gasteiger partial charge is 0.443 e. The number of nitrogens with zero attached hydrogens (tertiary/aromatic N) is 5. The van der Waals surface area contributed by atoms with Gasteiger partial charge in [-0.3, -0.25) is 14.0 Å². The second-order valence-corrected chi connectivity index (χ2v) is 9.75. The van der Waals surface area contributed by atoms with E-state index in [0.717, 1.165) is 28.9 Å². The molecule has 1 aliphatic carbocycles. The van der Waals surface area contributed by atoms with Crippen LogP contribution in [0.5, 0.6) is 0 Å². The second-order valence-electron chi connectivity index (χ2n) is 9.75. The zero-order valence-electron chi connectivity index (χ0n) is 19.0. The normalized spacial score (nSPS) is 16.1. The number of fused-ring (bicyclic) bond motifs is 1. The van der Waals surface area contributed by atoms with Crippen molar-refractivity contribution in [2.45, 2.75) is 79.0 Å². The molecule has 0 amide bonds. The van der Waals surface area contributed by atoms with Crippen LogP contribution in [0, 0.1) is 11.3 Å². The molecule has 7 heteroatoms. The maximum atomic E-state index is 12.1. The summed E-state index contributed by atoms with van der Waals surface area (Å²) in [7, 11) is 0. The molecule has 3 aromatic rings. The predicted molar refractivity (Wildman–Crippen MR) is 120 cm³/mol. The Kier molecular flexibility index (Phi) is 6.12. The van der Waals surface area contributed by atoms with E-state index in [9.17, 15) is 4.79 Å². The number of esters is 1. The highest BCUT2D eigenvalue weighted by atomic mass is 16.5. The lowest BCUT2D eigenvalue weighted by atomic mass is 9.97. The predicted octanol–water partition coefficient (Wildman–Crippen LogP) is 5.37. The third kappa shape index (κ3) is 4.65. The number of aromatic nitrogens is 5. The van der Waals surface area contributed by atoms with Crippen molar-refractivity contribution in [1.82, 2.24) is 24.5 Å². The molecule has 4 rings (SSSR count). The first-order valence-electron chi connectivity index (χ1n) is 11.4. The highest BCUT2D eigenvalue weighted by molar-refractivity contribution is 5.92. The van der Waals surface area contributed by atoms with E-state index >= 15 is 0 Å². The van der Waals surface area contributed by atoms with Gasteiger partial charge in [0, 0.05) is 28.9 Å². The maximum Gasteiger partial charge on any atom is 0.312 e. The fourth-order valence-corrected chi connectivity index (χ4v) is 4.44. The molecule has 0 aromatic carbocycles. The lowest BCUT2D eigenvalue weighted by molar-refractivity contribution is -0.156. The van der Waals surface area contributed by atoms with Gasteiger partial charge in [-0.25, -0.2) is 0 Å². The molecule has 0 radical (unpaired) electrons. The summed E-state index contributed by atoms with van der Waals surface area (Å²) in [6, 6.07) is 2.43. The van der Waals surface area contributed by atoms with Crippen LogP contribution in [-0.2, 0) is 16.3 Å². The van der Waals surface area contributed by atoms with Gasteiger partial charge in [0.1, 0.15) is 0 Å². The zero-order chi connectivity index (χ0) is 22.0. The van der Waals surface area contributed by atoms with Crippen molar-refractivity contribution >= 4 is 17.0 Å². The van der Waals surface area contributed by atoms with Gasteiger partial charge >= 0.3 is 5.97 Å². The Balaban J connectivity index is 1.55. The van der Waals surface area contributed by atoms with Crippen LogP contribution in [0.3, 0.4) is 0 Å². The smallest absolute Gasteiger partial charge is 0.312 e. The zero-order valence-corrected chi connectivity index (χ0v) is 19.0. The average molecular weight is 424 g/mol. The van der Waals surface area contributed by atoms with Crippen LogP contribution in [-0.4, -0.2) is 30.5 Å². The van der Waals surface area contributed by atoms with E-state index in [1.165, 1.54) is 32.1 Å². The molecule has 0 N–H and O–H groups in total. The number of carbonyl (C=O) groups is 1. The van der Waals surface area contributed by atoms with Crippen LogP contribution < -0.4 is 0 Å². The van der Waals surface area contributed by atoms with Gasteiger partial charge in [-0.05, 0) is 45.6 Å². The van der Waals surface area contributed by atoms with Crippen LogP contribution in [0.4, 0.5) is 0 Å². The summed E-state index contributed by atoms with van der Waals surface area (Å²) >= 11 is 0. The van der Waals surface area contributed by atoms with Crippen molar-refractivity contribution in [1.29, 1.82) is 0 Å². The van der Waals surface area contributed by atoms with Crippen molar-refractivity contribution in [2.24, 2.45) is 11.3 Å². The van der Waals surface area contributed by atoms with Crippen LogP contribution in [0.25, 0.3) is 22.2 Å². The Morgan fingerprint density at radius 1 is 1.26 bits per heavy atom. The van der Waals surface area contributed by atoms with Gasteiger partial charge in [-0.2, -0.15) is 10.2 Å². The summed E-state index contributed by atoms with van der Waals surface area (Å²) in [6.45, 7) is 7.89. The fourth-order valence-electron chi connectivity index (χ4n) is 4.44. The Morgan fingerprint density at radius 2 is 2.03 bits per heavy atom. The fraction of sp³-hybridized carbons (Fsp3) is 0.583. The molecule has 166 valence electrons. The van der Waals surface area contributed by atoms with Gasteiger partial charge in [0.05, 0.1) is 23.9 Å². The molecule has 31 heavy (non-hydrogen) atoms. The van der Waals surface area contributed by atoms with Gasteiger partial charge in [-0.1, -0.05) is 32.6 Å². The number of carbonyl (C=O) groups excluding carboxylic acids is 1. The van der Waals surface area contributed by atoms with E-state index < -0.39 is 5.41 Å². The maximum absolute atomic E-state index is 12.1. The minimum Gasteiger partial charge on any atom is -0.443 e. The van der Waals surface area contributed by atoms with E-state index in [0.29, 0.717) is 11.7 Å². The van der Waals surface area contributed by atoms with Crippen molar-refractivity contribution in [3.8, 4) is 11.1 Å². The van der Waals surface area contributed by atoms with Crippen molar-refractivity contribution < 1.29 is 9.53 Å². The van der Waals surface area contributed by atoms with Gasteiger partial charge in [0.25, 0.3) is 0 Å². The molecule has 0 bridgehead atoms. The van der Waals surface area contributed by atoms with E-state index in [1.54, 1.807) is 6.20 Å². The number of hydrogen-bond acceptors (Lipinski definition) is 5. The molecule has 3 aromatic heterocycles. The summed E-state index contributed by atoms with van der Waals surface area (Å²) in [4.78, 5) is 12.1. The second kappa shape index (κ2) is 8.81. The third-order valence-electron chi connectivity index (χ3n) is 6.35. The summed E-state index contributed by atoms with van der Waals surface area (Å²) in [6.07, 6.45) is 15.5. The Bertz CT molecular complexity index is 1040. The molecule has 3 heterocycles. The summed E-state index contributed by atoms with van der Waals surface area (Å²) in [5.74, 6) is 0.587. The molecule has 0 aliphatic heterocycles. The quantitative estimate of drug-likeness (QED) is 0.477. The van der Waals surface area contributed by atoms with Crippen molar-refractivity contribution in [3.63, 3.8) is 0 Å². The van der Waals surface area contributed by atoms with Gasteiger partial charge < -0.3 is 4.74 Å². The Hall–Kier alpha value is -2.70. The van der Waals surface area contributed by atoms with E-state index in [-0.39, 0.29) is 12.7 Å². The number of ether oxygens (including phenoxy) is 1. The van der Waals surface area contributed by atoms with Crippen LogP contribution in [0.2, 0.25) is 0 Å². The molecule has 1 atom stereocenters. The van der Waals surface area contributed by atoms with Gasteiger partial charge in [0.2, 0.25) is 0 Å². The van der Waals surface area contributed by atoms with Gasteiger partial charge in [-0.15, -0.1) is 5.10 Å². The molecule has 0 saturated heterocycles. The Labute approximate surface area is 183 Å². The number of rotatable bonds is 7. The lowest BCUT2D eigenvalue weighted by Crippen LogP contribution is -2.23. The molecular weight excluding hydrogens is 390 g/mol. The highest BCUT2D eigenvalue weighted by Crippen LogP contribution is 2.34. The minimum absolute atomic E-state index is 0.121. The molecule has 1 fully saturated rings. The highest BCUT2D eigenvalue weighted by Gasteiger charge is 2.24. The molecule has 1 saturated carbocycles. The standard InChI is InChI=1S/C24H33N5O2/c1-5-19(12-17-8-6-7-9-17)29-15-18(13-26-29)21-14-25-27-22-20(21)10-11-28(22)16-31-23(30)24(2,3)4/h10-11,13-15,17,19H,5-9,12,16H2,1-4H3. The first-order valence-corrected chi connectivity index (χ1v) is 11.4.